The largest absolute Gasteiger partial charge is 0.478 e. The third-order valence-electron chi connectivity index (χ3n) is 8.94. The number of rotatable bonds is 9. The van der Waals surface area contributed by atoms with E-state index in [0.29, 0.717) is 30.0 Å². The van der Waals surface area contributed by atoms with Crippen LogP contribution in [0.3, 0.4) is 0 Å². The van der Waals surface area contributed by atoms with Gasteiger partial charge in [-0.3, -0.25) is 9.78 Å². The highest BCUT2D eigenvalue weighted by atomic mass is 19.4. The van der Waals surface area contributed by atoms with Crippen LogP contribution in [0.15, 0.2) is 54.9 Å². The molecule has 2 heterocycles. The highest BCUT2D eigenvalue weighted by Crippen LogP contribution is 2.40. The molecular weight excluding hydrogens is 587 g/mol. The van der Waals surface area contributed by atoms with Crippen molar-refractivity contribution < 1.29 is 37.3 Å². The highest BCUT2D eigenvalue weighted by Gasteiger charge is 2.38. The molecule has 0 saturated heterocycles. The van der Waals surface area contributed by atoms with E-state index in [1.165, 1.54) is 24.4 Å². The Balaban J connectivity index is 1.46. The summed E-state index contributed by atoms with van der Waals surface area (Å²) in [7, 11) is 1.66. The summed E-state index contributed by atoms with van der Waals surface area (Å²) in [6, 6.07) is 9.95. The van der Waals surface area contributed by atoms with Crippen molar-refractivity contribution in [2.45, 2.75) is 83.0 Å². The van der Waals surface area contributed by atoms with Gasteiger partial charge < -0.3 is 19.5 Å². The van der Waals surface area contributed by atoms with E-state index >= 15 is 0 Å². The molecule has 240 valence electrons. The van der Waals surface area contributed by atoms with Crippen molar-refractivity contribution in [3.63, 3.8) is 0 Å². The van der Waals surface area contributed by atoms with Crippen LogP contribution < -0.4 is 9.64 Å². The average Bonchev–Trinajstić information content (AvgIpc) is 3.03. The molecule has 1 amide bonds. The first-order valence-corrected chi connectivity index (χ1v) is 15.4. The van der Waals surface area contributed by atoms with Gasteiger partial charge in [-0.1, -0.05) is 13.0 Å². The number of anilines is 1. The Morgan fingerprint density at radius 1 is 0.978 bits per heavy atom. The first-order valence-electron chi connectivity index (χ1n) is 15.4. The van der Waals surface area contributed by atoms with Crippen LogP contribution in [-0.4, -0.2) is 46.2 Å². The number of ether oxygens (including phenoxy) is 2. The van der Waals surface area contributed by atoms with Gasteiger partial charge in [0.1, 0.15) is 11.3 Å². The minimum Gasteiger partial charge on any atom is -0.478 e. The summed E-state index contributed by atoms with van der Waals surface area (Å²) in [6.45, 7) is 2.17. The predicted molar refractivity (Wildman–Crippen MR) is 161 cm³/mol. The van der Waals surface area contributed by atoms with Crippen molar-refractivity contribution in [2.75, 3.05) is 12.0 Å². The fourth-order valence-corrected chi connectivity index (χ4v) is 6.40. The van der Waals surface area contributed by atoms with Crippen LogP contribution in [0.2, 0.25) is 0 Å². The highest BCUT2D eigenvalue weighted by molar-refractivity contribution is 6.03. The standard InChI is InChI=1S/C34H38F3N3O5/c1-21-6-8-23(9-7-21)32(41)40(25-10-12-26(44-2)13-11-25)30-15-14-27(19-28(30)33(42)43)45-31-29(34(35,36)37)18-22(20-39-31)17-24-5-3-4-16-38-24/h3-5,14-16,18-21,23,25-26H,6-13,17H2,1-2H3,(H,42,43)/t21-,23-,25?,26?. The van der Waals surface area contributed by atoms with Gasteiger partial charge in [0.2, 0.25) is 11.8 Å². The number of halogens is 3. The summed E-state index contributed by atoms with van der Waals surface area (Å²) < 4.78 is 53.5. The molecular formula is C34H38F3N3O5. The molecule has 0 spiro atoms. The monoisotopic (exact) mass is 625 g/mol. The van der Waals surface area contributed by atoms with E-state index in [9.17, 15) is 27.9 Å². The van der Waals surface area contributed by atoms with Crippen LogP contribution in [-0.2, 0) is 22.1 Å². The van der Waals surface area contributed by atoms with Crippen molar-refractivity contribution >= 4 is 17.6 Å². The Hall–Kier alpha value is -3.99. The van der Waals surface area contributed by atoms with Crippen LogP contribution in [0.25, 0.3) is 0 Å². The quantitative estimate of drug-likeness (QED) is 0.260. The normalized spacial score (nSPS) is 22.1. The minimum absolute atomic E-state index is 0.0779. The zero-order valence-electron chi connectivity index (χ0n) is 25.4. The van der Waals surface area contributed by atoms with E-state index in [0.717, 1.165) is 44.6 Å². The van der Waals surface area contributed by atoms with Crippen molar-refractivity contribution in [2.24, 2.45) is 11.8 Å². The smallest absolute Gasteiger partial charge is 0.421 e. The molecule has 2 saturated carbocycles. The molecule has 5 rings (SSSR count). The number of carboxylic acid groups (broad SMARTS) is 1. The Morgan fingerprint density at radius 3 is 2.33 bits per heavy atom. The number of amides is 1. The maximum Gasteiger partial charge on any atom is 0.421 e. The van der Waals surface area contributed by atoms with E-state index in [-0.39, 0.29) is 47.4 Å². The van der Waals surface area contributed by atoms with Crippen LogP contribution in [0.4, 0.5) is 18.9 Å². The summed E-state index contributed by atoms with van der Waals surface area (Å²) in [6.07, 6.45) is 4.37. The number of alkyl halides is 3. The van der Waals surface area contributed by atoms with Gasteiger partial charge in [-0.05, 0) is 99.2 Å². The third kappa shape index (κ3) is 7.81. The number of nitrogens with zero attached hydrogens (tertiary/aromatic N) is 3. The fourth-order valence-electron chi connectivity index (χ4n) is 6.40. The number of aromatic nitrogens is 2. The molecule has 45 heavy (non-hydrogen) atoms. The molecule has 2 aliphatic rings. The summed E-state index contributed by atoms with van der Waals surface area (Å²) in [5, 5.41) is 10.3. The van der Waals surface area contributed by atoms with Gasteiger partial charge in [0, 0.05) is 43.6 Å². The van der Waals surface area contributed by atoms with Gasteiger partial charge in [-0.2, -0.15) is 13.2 Å². The Labute approximate surface area is 260 Å². The van der Waals surface area contributed by atoms with Gasteiger partial charge in [-0.15, -0.1) is 0 Å². The molecule has 0 radical (unpaired) electrons. The molecule has 1 N–H and O–H groups in total. The third-order valence-corrected chi connectivity index (χ3v) is 8.94. The number of aromatic carboxylic acids is 1. The minimum atomic E-state index is -4.78. The van der Waals surface area contributed by atoms with Crippen LogP contribution in [0.5, 0.6) is 11.6 Å². The molecule has 2 fully saturated rings. The second-order valence-corrected chi connectivity index (χ2v) is 12.1. The van der Waals surface area contributed by atoms with E-state index in [1.807, 2.05) is 0 Å². The average molecular weight is 626 g/mol. The van der Waals surface area contributed by atoms with Crippen LogP contribution in [0.1, 0.15) is 85.5 Å². The van der Waals surface area contributed by atoms with Gasteiger partial charge in [0.15, 0.2) is 0 Å². The van der Waals surface area contributed by atoms with Gasteiger partial charge in [0.25, 0.3) is 0 Å². The van der Waals surface area contributed by atoms with E-state index < -0.39 is 23.6 Å². The molecule has 3 aromatic rings. The number of hydrogen-bond acceptors (Lipinski definition) is 6. The number of pyridine rings is 2. The second-order valence-electron chi connectivity index (χ2n) is 12.1. The van der Waals surface area contributed by atoms with Gasteiger partial charge >= 0.3 is 12.1 Å². The number of carbonyl (C=O) groups is 2. The fraction of sp³-hybridized carbons (Fsp3) is 0.471. The van der Waals surface area contributed by atoms with Crippen LogP contribution >= 0.6 is 0 Å². The number of hydrogen-bond donors (Lipinski definition) is 1. The summed E-state index contributed by atoms with van der Waals surface area (Å²) in [5.74, 6) is -1.94. The molecule has 1 aromatic carbocycles. The lowest BCUT2D eigenvalue weighted by Crippen LogP contribution is -2.47. The lowest BCUT2D eigenvalue weighted by Gasteiger charge is -2.40. The topological polar surface area (TPSA) is 102 Å². The first kappa shape index (κ1) is 32.4. The molecule has 0 bridgehead atoms. The summed E-state index contributed by atoms with van der Waals surface area (Å²) in [5.41, 5.74) is -0.215. The van der Waals surface area contributed by atoms with Crippen LogP contribution in [0, 0.1) is 11.8 Å². The number of methoxy groups -OCH3 is 1. The predicted octanol–water partition coefficient (Wildman–Crippen LogP) is 7.69. The van der Waals surface area contributed by atoms with E-state index in [1.54, 1.807) is 36.4 Å². The van der Waals surface area contributed by atoms with E-state index in [4.69, 9.17) is 9.47 Å². The lowest BCUT2D eigenvalue weighted by atomic mass is 9.81. The lowest BCUT2D eigenvalue weighted by molar-refractivity contribution is -0.139. The molecule has 2 aliphatic carbocycles. The van der Waals surface area contributed by atoms with Crippen molar-refractivity contribution in [1.29, 1.82) is 0 Å². The SMILES string of the molecule is COC1CCC(N(c2ccc(Oc3ncc(Cc4ccccn4)cc3C(F)(F)F)cc2C(=O)O)C(=O)[C@H]2CC[C@H](C)CC2)CC1. The summed E-state index contributed by atoms with van der Waals surface area (Å²) >= 11 is 0. The number of benzene rings is 1. The Kier molecular flexibility index (Phi) is 10.1. The molecule has 11 heteroatoms. The number of carbonyl (C=O) groups excluding carboxylic acids is 1. The van der Waals surface area contributed by atoms with E-state index in [2.05, 4.69) is 16.9 Å². The molecule has 0 unspecified atom stereocenters. The zero-order valence-corrected chi connectivity index (χ0v) is 25.4. The summed E-state index contributed by atoms with van der Waals surface area (Å²) in [4.78, 5) is 36.4. The second kappa shape index (κ2) is 14.0. The molecule has 0 aliphatic heterocycles. The van der Waals surface area contributed by atoms with Gasteiger partial charge in [-0.25, -0.2) is 9.78 Å². The first-order chi connectivity index (χ1) is 21.5. The molecule has 2 aromatic heterocycles. The Morgan fingerprint density at radius 2 is 1.71 bits per heavy atom. The maximum absolute atomic E-state index is 14.1. The zero-order chi connectivity index (χ0) is 32.1. The molecule has 8 nitrogen and oxygen atoms in total. The maximum atomic E-state index is 14.1. The molecule has 0 atom stereocenters. The van der Waals surface area contributed by atoms with Gasteiger partial charge in [0.05, 0.1) is 17.4 Å². The van der Waals surface area contributed by atoms with Crippen molar-refractivity contribution in [3.05, 3.63) is 77.2 Å². The Bertz CT molecular complexity index is 1480. The van der Waals surface area contributed by atoms with Crippen molar-refractivity contribution in [1.82, 2.24) is 9.97 Å². The number of carboxylic acids is 1. The van der Waals surface area contributed by atoms with Crippen molar-refractivity contribution in [3.8, 4) is 11.6 Å².